The predicted molar refractivity (Wildman–Crippen MR) is 85.8 cm³/mol. The second-order valence-corrected chi connectivity index (χ2v) is 6.61. The molecular formula is C15H20N2O3S. The molecule has 1 aromatic rings. The standard InChI is InChI=1S/C15H20N2O3S/c1-11-13(8-5-9-14(11)17(19)20)16-15(18)10-21-12-6-3-2-4-7-12/h5,8-9,12H,2-4,6-7,10H2,1H3,(H,16,18). The quantitative estimate of drug-likeness (QED) is 0.661. The number of benzene rings is 1. The van der Waals surface area contributed by atoms with E-state index in [1.54, 1.807) is 30.8 Å². The third kappa shape index (κ3) is 4.46. The fourth-order valence-corrected chi connectivity index (χ4v) is 3.69. The maximum absolute atomic E-state index is 12.0. The lowest BCUT2D eigenvalue weighted by Gasteiger charge is -2.20. The number of nitro groups is 1. The Labute approximate surface area is 128 Å². The molecule has 1 saturated carbocycles. The second-order valence-electron chi connectivity index (χ2n) is 5.33. The third-order valence-corrected chi connectivity index (χ3v) is 5.15. The van der Waals surface area contributed by atoms with E-state index in [1.807, 2.05) is 0 Å². The summed E-state index contributed by atoms with van der Waals surface area (Å²) in [7, 11) is 0. The molecule has 1 N–H and O–H groups in total. The minimum atomic E-state index is -0.429. The molecule has 5 nitrogen and oxygen atoms in total. The lowest BCUT2D eigenvalue weighted by Crippen LogP contribution is -2.18. The van der Waals surface area contributed by atoms with Crippen molar-refractivity contribution < 1.29 is 9.72 Å². The van der Waals surface area contributed by atoms with Gasteiger partial charge in [-0.3, -0.25) is 14.9 Å². The van der Waals surface area contributed by atoms with E-state index in [2.05, 4.69) is 5.32 Å². The molecule has 0 unspecified atom stereocenters. The zero-order chi connectivity index (χ0) is 15.2. The highest BCUT2D eigenvalue weighted by molar-refractivity contribution is 8.00. The molecule has 114 valence electrons. The van der Waals surface area contributed by atoms with Gasteiger partial charge in [-0.1, -0.05) is 25.3 Å². The van der Waals surface area contributed by atoms with Crippen molar-refractivity contribution in [2.75, 3.05) is 11.1 Å². The molecule has 0 aromatic heterocycles. The Morgan fingerprint density at radius 3 is 2.76 bits per heavy atom. The molecule has 0 bridgehead atoms. The maximum Gasteiger partial charge on any atom is 0.274 e. The highest BCUT2D eigenvalue weighted by Gasteiger charge is 2.17. The zero-order valence-electron chi connectivity index (χ0n) is 12.1. The van der Waals surface area contributed by atoms with Gasteiger partial charge in [0, 0.05) is 11.3 Å². The van der Waals surface area contributed by atoms with Crippen LogP contribution in [0.2, 0.25) is 0 Å². The number of anilines is 1. The van der Waals surface area contributed by atoms with Crippen LogP contribution in [0.1, 0.15) is 37.7 Å². The summed E-state index contributed by atoms with van der Waals surface area (Å²) in [5.74, 6) is 0.321. The Kier molecular flexibility index (Phi) is 5.61. The van der Waals surface area contributed by atoms with Crippen molar-refractivity contribution >= 4 is 29.0 Å². The maximum atomic E-state index is 12.0. The average molecular weight is 308 g/mol. The molecule has 1 aliphatic rings. The number of carbonyl (C=O) groups is 1. The van der Waals surface area contributed by atoms with Crippen molar-refractivity contribution in [3.8, 4) is 0 Å². The number of nitrogens with zero attached hydrogens (tertiary/aromatic N) is 1. The summed E-state index contributed by atoms with van der Waals surface area (Å²) in [6.45, 7) is 1.65. The van der Waals surface area contributed by atoms with Crippen LogP contribution in [0.5, 0.6) is 0 Å². The molecule has 21 heavy (non-hydrogen) atoms. The van der Waals surface area contributed by atoms with Gasteiger partial charge in [0.25, 0.3) is 5.69 Å². The fraction of sp³-hybridized carbons (Fsp3) is 0.533. The van der Waals surface area contributed by atoms with E-state index in [4.69, 9.17) is 0 Å². The summed E-state index contributed by atoms with van der Waals surface area (Å²) < 4.78 is 0. The second kappa shape index (κ2) is 7.45. The van der Waals surface area contributed by atoms with Crippen LogP contribution < -0.4 is 5.32 Å². The number of nitro benzene ring substituents is 1. The lowest BCUT2D eigenvalue weighted by molar-refractivity contribution is -0.385. The molecule has 0 heterocycles. The Morgan fingerprint density at radius 2 is 2.10 bits per heavy atom. The molecule has 1 aromatic carbocycles. The summed E-state index contributed by atoms with van der Waals surface area (Å²) in [4.78, 5) is 22.4. The van der Waals surface area contributed by atoms with Crippen molar-refractivity contribution in [2.45, 2.75) is 44.3 Å². The highest BCUT2D eigenvalue weighted by atomic mass is 32.2. The van der Waals surface area contributed by atoms with E-state index < -0.39 is 4.92 Å². The van der Waals surface area contributed by atoms with E-state index in [9.17, 15) is 14.9 Å². The topological polar surface area (TPSA) is 72.2 Å². The minimum absolute atomic E-state index is 0.0349. The summed E-state index contributed by atoms with van der Waals surface area (Å²) in [6.07, 6.45) is 6.18. The summed E-state index contributed by atoms with van der Waals surface area (Å²) in [5, 5.41) is 14.2. The first-order valence-corrected chi connectivity index (χ1v) is 8.28. The summed E-state index contributed by atoms with van der Waals surface area (Å²) in [5.41, 5.74) is 1.06. The van der Waals surface area contributed by atoms with Crippen LogP contribution in [0, 0.1) is 17.0 Å². The van der Waals surface area contributed by atoms with Gasteiger partial charge in [0.1, 0.15) is 0 Å². The summed E-state index contributed by atoms with van der Waals surface area (Å²) >= 11 is 1.70. The first-order chi connectivity index (χ1) is 10.1. The first-order valence-electron chi connectivity index (χ1n) is 7.23. The molecule has 0 atom stereocenters. The third-order valence-electron chi connectivity index (χ3n) is 3.78. The minimum Gasteiger partial charge on any atom is -0.325 e. The molecule has 1 fully saturated rings. The van der Waals surface area contributed by atoms with Crippen molar-refractivity contribution in [3.63, 3.8) is 0 Å². The first kappa shape index (κ1) is 15.8. The molecule has 0 aliphatic heterocycles. The van der Waals surface area contributed by atoms with Gasteiger partial charge in [0.15, 0.2) is 0 Å². The van der Waals surface area contributed by atoms with Gasteiger partial charge in [0.2, 0.25) is 5.91 Å². The average Bonchev–Trinajstić information content (AvgIpc) is 2.48. The van der Waals surface area contributed by atoms with E-state index >= 15 is 0 Å². The van der Waals surface area contributed by atoms with Gasteiger partial charge in [0.05, 0.1) is 21.9 Å². The molecule has 0 spiro atoms. The van der Waals surface area contributed by atoms with Crippen molar-refractivity contribution in [1.29, 1.82) is 0 Å². The van der Waals surface area contributed by atoms with Crippen molar-refractivity contribution in [1.82, 2.24) is 0 Å². The van der Waals surface area contributed by atoms with Crippen LogP contribution in [0.3, 0.4) is 0 Å². The normalized spacial score (nSPS) is 15.7. The van der Waals surface area contributed by atoms with Crippen molar-refractivity contribution in [3.05, 3.63) is 33.9 Å². The van der Waals surface area contributed by atoms with Crippen LogP contribution in [0.25, 0.3) is 0 Å². The molecule has 1 aliphatic carbocycles. The van der Waals surface area contributed by atoms with Crippen LogP contribution in [-0.4, -0.2) is 21.8 Å². The van der Waals surface area contributed by atoms with Crippen LogP contribution in [0.4, 0.5) is 11.4 Å². The van der Waals surface area contributed by atoms with Gasteiger partial charge in [-0.05, 0) is 25.8 Å². The largest absolute Gasteiger partial charge is 0.325 e. The number of hydrogen-bond donors (Lipinski definition) is 1. The van der Waals surface area contributed by atoms with Crippen LogP contribution in [0.15, 0.2) is 18.2 Å². The monoisotopic (exact) mass is 308 g/mol. The number of rotatable bonds is 5. The number of thioether (sulfide) groups is 1. The van der Waals surface area contributed by atoms with Gasteiger partial charge in [-0.25, -0.2) is 0 Å². The Hall–Kier alpha value is -1.56. The number of amides is 1. The zero-order valence-corrected chi connectivity index (χ0v) is 12.9. The smallest absolute Gasteiger partial charge is 0.274 e. The fourth-order valence-electron chi connectivity index (χ4n) is 2.57. The predicted octanol–water partition coefficient (Wildman–Crippen LogP) is 3.91. The molecule has 0 saturated heterocycles. The van der Waals surface area contributed by atoms with Gasteiger partial charge in [-0.2, -0.15) is 0 Å². The Bertz CT molecular complexity index is 528. The van der Waals surface area contributed by atoms with Gasteiger partial charge in [-0.15, -0.1) is 11.8 Å². The number of hydrogen-bond acceptors (Lipinski definition) is 4. The lowest BCUT2D eigenvalue weighted by atomic mass is 10.0. The molecular weight excluding hydrogens is 288 g/mol. The van der Waals surface area contributed by atoms with Gasteiger partial charge >= 0.3 is 0 Å². The van der Waals surface area contributed by atoms with Crippen molar-refractivity contribution in [2.24, 2.45) is 0 Å². The van der Waals surface area contributed by atoms with Gasteiger partial charge < -0.3 is 5.32 Å². The molecule has 0 radical (unpaired) electrons. The summed E-state index contributed by atoms with van der Waals surface area (Å²) in [6, 6.07) is 4.74. The molecule has 6 heteroatoms. The van der Waals surface area contributed by atoms with E-state index in [1.165, 1.54) is 38.2 Å². The molecule has 2 rings (SSSR count). The number of carbonyl (C=O) groups excluding carboxylic acids is 1. The Morgan fingerprint density at radius 1 is 1.38 bits per heavy atom. The van der Waals surface area contributed by atoms with E-state index in [0.29, 0.717) is 22.3 Å². The molecule has 1 amide bonds. The van der Waals surface area contributed by atoms with Crippen LogP contribution in [-0.2, 0) is 4.79 Å². The van der Waals surface area contributed by atoms with Crippen LogP contribution >= 0.6 is 11.8 Å². The number of nitrogens with one attached hydrogen (secondary N) is 1. The van der Waals surface area contributed by atoms with E-state index in [0.717, 1.165) is 0 Å². The Balaban J connectivity index is 1.90. The van der Waals surface area contributed by atoms with E-state index in [-0.39, 0.29) is 11.6 Å². The SMILES string of the molecule is Cc1c(NC(=O)CSC2CCCCC2)cccc1[N+](=O)[O-]. The highest BCUT2D eigenvalue weighted by Crippen LogP contribution is 2.29.